The fourth-order valence-corrected chi connectivity index (χ4v) is 0.973. The Morgan fingerprint density at radius 3 is 2.71 bits per heavy atom. The predicted molar refractivity (Wildman–Crippen MR) is 47.9 cm³/mol. The molecule has 0 unspecified atom stereocenters. The molecule has 1 heterocycles. The summed E-state index contributed by atoms with van der Waals surface area (Å²) < 4.78 is 1.55. The zero-order valence-corrected chi connectivity index (χ0v) is 7.94. The summed E-state index contributed by atoms with van der Waals surface area (Å²) in [6, 6.07) is 0. The van der Waals surface area contributed by atoms with E-state index < -0.39 is 11.9 Å². The maximum absolute atomic E-state index is 11.4. The molecular weight excluding hydrogens is 186 g/mol. The Hall–Kier alpha value is -1.85. The van der Waals surface area contributed by atoms with Crippen LogP contribution in [0.5, 0.6) is 0 Å². The highest BCUT2D eigenvalue weighted by molar-refractivity contribution is 5.96. The molecule has 0 saturated carbocycles. The van der Waals surface area contributed by atoms with Crippen molar-refractivity contribution < 1.29 is 14.7 Å². The lowest BCUT2D eigenvalue weighted by Crippen LogP contribution is -2.29. The summed E-state index contributed by atoms with van der Waals surface area (Å²) in [7, 11) is 1.71. The minimum Gasteiger partial charge on any atom is -0.480 e. The molecule has 1 amide bonds. The van der Waals surface area contributed by atoms with E-state index in [-0.39, 0.29) is 6.54 Å². The van der Waals surface area contributed by atoms with Gasteiger partial charge in [0.15, 0.2) is 0 Å². The summed E-state index contributed by atoms with van der Waals surface area (Å²) in [6.07, 6.45) is 1.41. The molecule has 0 bridgehead atoms. The van der Waals surface area contributed by atoms with Gasteiger partial charge in [0.05, 0.1) is 11.8 Å². The average Bonchev–Trinajstić information content (AvgIpc) is 2.44. The third kappa shape index (κ3) is 2.09. The number of carboxylic acids is 1. The van der Waals surface area contributed by atoms with Gasteiger partial charge >= 0.3 is 5.97 Å². The standard InChI is InChI=1S/C8H11N3O3/c1-5-6(3-10-11(5)2)8(14)9-4-7(12)13/h3H,4H2,1-2H3,(H,9,14)(H,12,13). The van der Waals surface area contributed by atoms with Crippen molar-refractivity contribution in [1.29, 1.82) is 0 Å². The maximum Gasteiger partial charge on any atom is 0.322 e. The van der Waals surface area contributed by atoms with Gasteiger partial charge in [-0.1, -0.05) is 0 Å². The second-order valence-corrected chi connectivity index (χ2v) is 2.84. The van der Waals surface area contributed by atoms with E-state index in [9.17, 15) is 9.59 Å². The van der Waals surface area contributed by atoms with Crippen LogP contribution in [-0.2, 0) is 11.8 Å². The summed E-state index contributed by atoms with van der Waals surface area (Å²) in [6.45, 7) is 1.36. The number of amides is 1. The van der Waals surface area contributed by atoms with Gasteiger partial charge in [-0.2, -0.15) is 5.10 Å². The summed E-state index contributed by atoms with van der Waals surface area (Å²) in [5, 5.41) is 14.5. The number of carbonyl (C=O) groups excluding carboxylic acids is 1. The molecule has 6 heteroatoms. The first-order valence-corrected chi connectivity index (χ1v) is 4.01. The van der Waals surface area contributed by atoms with Crippen molar-refractivity contribution in [3.05, 3.63) is 17.5 Å². The van der Waals surface area contributed by atoms with E-state index in [1.54, 1.807) is 18.7 Å². The maximum atomic E-state index is 11.4. The van der Waals surface area contributed by atoms with Gasteiger partial charge < -0.3 is 10.4 Å². The van der Waals surface area contributed by atoms with Crippen molar-refractivity contribution in [2.24, 2.45) is 7.05 Å². The van der Waals surface area contributed by atoms with Crippen LogP contribution in [0.3, 0.4) is 0 Å². The monoisotopic (exact) mass is 197 g/mol. The van der Waals surface area contributed by atoms with E-state index in [4.69, 9.17) is 5.11 Å². The Bertz CT molecular complexity index is 370. The van der Waals surface area contributed by atoms with Gasteiger partial charge in [0, 0.05) is 12.7 Å². The summed E-state index contributed by atoms with van der Waals surface area (Å²) in [5.41, 5.74) is 1.10. The van der Waals surface area contributed by atoms with Gasteiger partial charge in [0.25, 0.3) is 5.91 Å². The molecule has 2 N–H and O–H groups in total. The normalized spacial score (nSPS) is 9.86. The van der Waals surface area contributed by atoms with Crippen molar-refractivity contribution in [3.8, 4) is 0 Å². The first kappa shape index (κ1) is 10.2. The fourth-order valence-electron chi connectivity index (χ4n) is 0.973. The number of nitrogens with zero attached hydrogens (tertiary/aromatic N) is 2. The van der Waals surface area contributed by atoms with Crippen molar-refractivity contribution in [1.82, 2.24) is 15.1 Å². The highest BCUT2D eigenvalue weighted by Crippen LogP contribution is 2.04. The van der Waals surface area contributed by atoms with Gasteiger partial charge in [0.1, 0.15) is 6.54 Å². The average molecular weight is 197 g/mol. The Morgan fingerprint density at radius 1 is 1.64 bits per heavy atom. The van der Waals surface area contributed by atoms with Crippen LogP contribution in [-0.4, -0.2) is 33.3 Å². The Morgan fingerprint density at radius 2 is 2.29 bits per heavy atom. The van der Waals surface area contributed by atoms with Crippen LogP contribution < -0.4 is 5.32 Å². The topological polar surface area (TPSA) is 84.2 Å². The van der Waals surface area contributed by atoms with Crippen molar-refractivity contribution in [3.63, 3.8) is 0 Å². The minimum atomic E-state index is -1.07. The molecule has 0 aliphatic heterocycles. The van der Waals surface area contributed by atoms with Gasteiger partial charge in [-0.3, -0.25) is 14.3 Å². The number of nitrogens with one attached hydrogen (secondary N) is 1. The number of aryl methyl sites for hydroxylation is 1. The molecule has 0 fully saturated rings. The van der Waals surface area contributed by atoms with Crippen LogP contribution in [0, 0.1) is 6.92 Å². The third-order valence-corrected chi connectivity index (χ3v) is 1.88. The van der Waals surface area contributed by atoms with Crippen LogP contribution in [0.1, 0.15) is 16.1 Å². The van der Waals surface area contributed by atoms with Crippen LogP contribution in [0.15, 0.2) is 6.20 Å². The summed E-state index contributed by atoms with van der Waals surface area (Å²) in [4.78, 5) is 21.5. The predicted octanol–water partition coefficient (Wildman–Crippen LogP) is -0.457. The van der Waals surface area contributed by atoms with Gasteiger partial charge in [-0.05, 0) is 6.92 Å². The molecule has 0 spiro atoms. The Labute approximate surface area is 80.5 Å². The molecule has 6 nitrogen and oxygen atoms in total. The Kier molecular flexibility index (Phi) is 2.85. The van der Waals surface area contributed by atoms with E-state index in [1.807, 2.05) is 0 Å². The second-order valence-electron chi connectivity index (χ2n) is 2.84. The molecule has 1 aromatic heterocycles. The number of rotatable bonds is 3. The molecule has 0 aliphatic carbocycles. The van der Waals surface area contributed by atoms with E-state index in [1.165, 1.54) is 6.20 Å². The molecule has 0 saturated heterocycles. The minimum absolute atomic E-state index is 0.382. The van der Waals surface area contributed by atoms with Gasteiger partial charge in [0.2, 0.25) is 0 Å². The molecular formula is C8H11N3O3. The van der Waals surface area contributed by atoms with E-state index in [0.29, 0.717) is 11.3 Å². The number of hydrogen-bond acceptors (Lipinski definition) is 3. The van der Waals surface area contributed by atoms with E-state index in [2.05, 4.69) is 10.4 Å². The number of aliphatic carboxylic acids is 1. The first-order chi connectivity index (χ1) is 6.52. The van der Waals surface area contributed by atoms with Gasteiger partial charge in [-0.25, -0.2) is 0 Å². The lowest BCUT2D eigenvalue weighted by Gasteiger charge is -2.00. The van der Waals surface area contributed by atoms with Crippen LogP contribution in [0.2, 0.25) is 0 Å². The lowest BCUT2D eigenvalue weighted by atomic mass is 10.2. The van der Waals surface area contributed by atoms with Crippen LogP contribution in [0.4, 0.5) is 0 Å². The number of aromatic nitrogens is 2. The Balaban J connectivity index is 2.70. The van der Waals surface area contributed by atoms with E-state index >= 15 is 0 Å². The lowest BCUT2D eigenvalue weighted by molar-refractivity contribution is -0.135. The highest BCUT2D eigenvalue weighted by atomic mass is 16.4. The van der Waals surface area contributed by atoms with Crippen LogP contribution >= 0.6 is 0 Å². The van der Waals surface area contributed by atoms with Crippen molar-refractivity contribution in [2.75, 3.05) is 6.54 Å². The second kappa shape index (κ2) is 3.91. The third-order valence-electron chi connectivity index (χ3n) is 1.88. The molecule has 1 rings (SSSR count). The molecule has 0 aromatic carbocycles. The zero-order chi connectivity index (χ0) is 10.7. The van der Waals surface area contributed by atoms with Crippen LogP contribution in [0.25, 0.3) is 0 Å². The smallest absolute Gasteiger partial charge is 0.322 e. The number of carboxylic acid groups (broad SMARTS) is 1. The fraction of sp³-hybridized carbons (Fsp3) is 0.375. The molecule has 0 radical (unpaired) electrons. The van der Waals surface area contributed by atoms with Crippen molar-refractivity contribution in [2.45, 2.75) is 6.92 Å². The largest absolute Gasteiger partial charge is 0.480 e. The molecule has 14 heavy (non-hydrogen) atoms. The molecule has 76 valence electrons. The quantitative estimate of drug-likeness (QED) is 0.686. The SMILES string of the molecule is Cc1c(C(=O)NCC(=O)O)cnn1C. The molecule has 1 aromatic rings. The number of carbonyl (C=O) groups is 2. The molecule has 0 aliphatic rings. The summed E-state index contributed by atoms with van der Waals surface area (Å²) >= 11 is 0. The summed E-state index contributed by atoms with van der Waals surface area (Å²) in [5.74, 6) is -1.49. The first-order valence-electron chi connectivity index (χ1n) is 4.01. The highest BCUT2D eigenvalue weighted by Gasteiger charge is 2.12. The number of hydrogen-bond donors (Lipinski definition) is 2. The van der Waals surface area contributed by atoms with E-state index in [0.717, 1.165) is 0 Å². The zero-order valence-electron chi connectivity index (χ0n) is 7.94. The molecule has 0 atom stereocenters. The van der Waals surface area contributed by atoms with Crippen molar-refractivity contribution >= 4 is 11.9 Å². The van der Waals surface area contributed by atoms with Gasteiger partial charge in [-0.15, -0.1) is 0 Å².